The van der Waals surface area contributed by atoms with E-state index in [1.807, 2.05) is 12.1 Å². The molecule has 1 aliphatic carbocycles. The van der Waals surface area contributed by atoms with E-state index in [4.69, 9.17) is 0 Å². The molecule has 1 saturated carbocycles. The lowest BCUT2D eigenvalue weighted by Gasteiger charge is -2.13. The highest BCUT2D eigenvalue weighted by Gasteiger charge is 2.21. The van der Waals surface area contributed by atoms with Crippen molar-refractivity contribution in [3.63, 3.8) is 0 Å². The lowest BCUT2D eigenvalue weighted by Crippen LogP contribution is -2.36. The number of hydrogen-bond donors (Lipinski definition) is 2. The van der Waals surface area contributed by atoms with Crippen LogP contribution in [0, 0.1) is 5.92 Å². The summed E-state index contributed by atoms with van der Waals surface area (Å²) in [5.74, 6) is 0.693. The van der Waals surface area contributed by atoms with Crippen LogP contribution in [0.2, 0.25) is 0 Å². The van der Waals surface area contributed by atoms with Crippen molar-refractivity contribution in [2.24, 2.45) is 5.92 Å². The van der Waals surface area contributed by atoms with Gasteiger partial charge in [0.05, 0.1) is 0 Å². The summed E-state index contributed by atoms with van der Waals surface area (Å²) >= 11 is 0. The van der Waals surface area contributed by atoms with Gasteiger partial charge in [0.15, 0.2) is 0 Å². The quantitative estimate of drug-likeness (QED) is 0.810. The summed E-state index contributed by atoms with van der Waals surface area (Å²) in [7, 11) is 4.15. The van der Waals surface area contributed by atoms with Gasteiger partial charge >= 0.3 is 6.03 Å². The van der Waals surface area contributed by atoms with Crippen LogP contribution in [0.25, 0.3) is 11.1 Å². The number of nitrogens with one attached hydrogen (secondary N) is 2. The van der Waals surface area contributed by atoms with Crippen LogP contribution < -0.4 is 10.6 Å². The molecule has 132 valence electrons. The average molecular weight is 337 g/mol. The summed E-state index contributed by atoms with van der Waals surface area (Å²) in [4.78, 5) is 14.1. The van der Waals surface area contributed by atoms with Crippen molar-refractivity contribution in [2.45, 2.75) is 25.9 Å². The number of amides is 2. The van der Waals surface area contributed by atoms with Crippen LogP contribution in [0.1, 0.15) is 24.0 Å². The molecule has 25 heavy (non-hydrogen) atoms. The molecule has 0 bridgehead atoms. The Morgan fingerprint density at radius 2 is 1.76 bits per heavy atom. The molecule has 0 atom stereocenters. The molecule has 1 aliphatic rings. The third kappa shape index (κ3) is 5.33. The Labute approximate surface area is 150 Å². The van der Waals surface area contributed by atoms with Crippen LogP contribution in [0.4, 0.5) is 4.79 Å². The molecule has 0 heterocycles. The van der Waals surface area contributed by atoms with Gasteiger partial charge in [0.1, 0.15) is 0 Å². The van der Waals surface area contributed by atoms with Gasteiger partial charge in [-0.2, -0.15) is 0 Å². The van der Waals surface area contributed by atoms with Gasteiger partial charge < -0.3 is 15.5 Å². The molecule has 1 fully saturated rings. The first-order chi connectivity index (χ1) is 12.1. The zero-order valence-electron chi connectivity index (χ0n) is 15.1. The Morgan fingerprint density at radius 1 is 1.04 bits per heavy atom. The summed E-state index contributed by atoms with van der Waals surface area (Å²) in [5.41, 5.74) is 4.77. The lowest BCUT2D eigenvalue weighted by molar-refractivity contribution is 0.240. The zero-order chi connectivity index (χ0) is 17.6. The average Bonchev–Trinajstić information content (AvgIpc) is 3.43. The molecule has 0 saturated heterocycles. The summed E-state index contributed by atoms with van der Waals surface area (Å²) in [6.45, 7) is 2.26. The maximum Gasteiger partial charge on any atom is 0.315 e. The molecule has 0 radical (unpaired) electrons. The molecule has 4 heteroatoms. The summed E-state index contributed by atoms with van der Waals surface area (Å²) < 4.78 is 0. The van der Waals surface area contributed by atoms with Crippen molar-refractivity contribution in [1.29, 1.82) is 0 Å². The molecule has 0 aromatic heterocycles. The smallest absolute Gasteiger partial charge is 0.315 e. The van der Waals surface area contributed by atoms with E-state index in [1.54, 1.807) is 0 Å². The largest absolute Gasteiger partial charge is 0.338 e. The highest BCUT2D eigenvalue weighted by molar-refractivity contribution is 5.75. The van der Waals surface area contributed by atoms with Crippen LogP contribution in [0.5, 0.6) is 0 Å². The molecular weight excluding hydrogens is 310 g/mol. The first kappa shape index (κ1) is 17.5. The van der Waals surface area contributed by atoms with E-state index in [9.17, 15) is 4.79 Å². The molecule has 0 unspecified atom stereocenters. The SMILES string of the molecule is CN(C)Cc1ccc(-c2ccccc2CNC(=O)NCC2CC2)cc1. The number of carbonyl (C=O) groups is 1. The van der Waals surface area contributed by atoms with E-state index in [0.717, 1.165) is 18.7 Å². The minimum atomic E-state index is -0.0805. The van der Waals surface area contributed by atoms with Crippen molar-refractivity contribution in [1.82, 2.24) is 15.5 Å². The van der Waals surface area contributed by atoms with Gasteiger partial charge in [-0.05, 0) is 55.1 Å². The first-order valence-corrected chi connectivity index (χ1v) is 8.95. The van der Waals surface area contributed by atoms with Crippen LogP contribution in [0.15, 0.2) is 48.5 Å². The minimum Gasteiger partial charge on any atom is -0.338 e. The van der Waals surface area contributed by atoms with E-state index < -0.39 is 0 Å². The standard InChI is InChI=1S/C21H27N3O/c1-24(2)15-17-9-11-18(12-10-17)20-6-4-3-5-19(20)14-23-21(25)22-13-16-7-8-16/h3-6,9-12,16H,7-8,13-15H2,1-2H3,(H2,22,23,25). The van der Waals surface area contributed by atoms with Crippen LogP contribution in [-0.2, 0) is 13.1 Å². The first-order valence-electron chi connectivity index (χ1n) is 8.95. The highest BCUT2D eigenvalue weighted by atomic mass is 16.2. The predicted molar refractivity (Wildman–Crippen MR) is 102 cm³/mol. The molecule has 0 aliphatic heterocycles. The van der Waals surface area contributed by atoms with Crippen LogP contribution in [-0.4, -0.2) is 31.6 Å². The third-order valence-electron chi connectivity index (χ3n) is 4.47. The molecule has 2 amide bonds. The second-order valence-electron chi connectivity index (χ2n) is 7.10. The van der Waals surface area contributed by atoms with Gasteiger partial charge in [0.2, 0.25) is 0 Å². The van der Waals surface area contributed by atoms with Gasteiger partial charge in [0.25, 0.3) is 0 Å². The van der Waals surface area contributed by atoms with Gasteiger partial charge in [-0.3, -0.25) is 0 Å². The number of rotatable bonds is 7. The third-order valence-corrected chi connectivity index (χ3v) is 4.47. The van der Waals surface area contributed by atoms with E-state index in [-0.39, 0.29) is 6.03 Å². The Balaban J connectivity index is 1.64. The lowest BCUT2D eigenvalue weighted by atomic mass is 9.98. The normalized spacial score (nSPS) is 13.7. The number of hydrogen-bond acceptors (Lipinski definition) is 2. The Kier molecular flexibility index (Phi) is 5.71. The van der Waals surface area contributed by atoms with Crippen molar-refractivity contribution in [2.75, 3.05) is 20.6 Å². The maximum atomic E-state index is 11.9. The van der Waals surface area contributed by atoms with Gasteiger partial charge in [-0.15, -0.1) is 0 Å². The zero-order valence-corrected chi connectivity index (χ0v) is 15.1. The van der Waals surface area contributed by atoms with Crippen LogP contribution >= 0.6 is 0 Å². The van der Waals surface area contributed by atoms with E-state index in [2.05, 4.69) is 66.0 Å². The molecule has 2 N–H and O–H groups in total. The van der Waals surface area contributed by atoms with E-state index in [0.29, 0.717) is 12.5 Å². The molecule has 4 nitrogen and oxygen atoms in total. The molecule has 0 spiro atoms. The number of urea groups is 1. The van der Waals surface area contributed by atoms with E-state index >= 15 is 0 Å². The predicted octanol–water partition coefficient (Wildman–Crippen LogP) is 3.62. The number of nitrogens with zero attached hydrogens (tertiary/aromatic N) is 1. The molecule has 2 aromatic carbocycles. The molecule has 2 aromatic rings. The molecular formula is C21H27N3O. The fourth-order valence-corrected chi connectivity index (χ4v) is 2.91. The van der Waals surface area contributed by atoms with Crippen LogP contribution in [0.3, 0.4) is 0 Å². The summed E-state index contributed by atoms with van der Waals surface area (Å²) in [6, 6.07) is 16.8. The topological polar surface area (TPSA) is 44.4 Å². The highest BCUT2D eigenvalue weighted by Crippen LogP contribution is 2.27. The molecule has 3 rings (SSSR count). The second kappa shape index (κ2) is 8.17. The van der Waals surface area contributed by atoms with Gasteiger partial charge in [0, 0.05) is 19.6 Å². The number of carbonyl (C=O) groups excluding carboxylic acids is 1. The Hall–Kier alpha value is -2.33. The fourth-order valence-electron chi connectivity index (χ4n) is 2.91. The van der Waals surface area contributed by atoms with Crippen molar-refractivity contribution >= 4 is 6.03 Å². The van der Waals surface area contributed by atoms with Crippen molar-refractivity contribution in [3.05, 3.63) is 59.7 Å². The van der Waals surface area contributed by atoms with Crippen molar-refractivity contribution in [3.8, 4) is 11.1 Å². The van der Waals surface area contributed by atoms with E-state index in [1.165, 1.54) is 29.5 Å². The minimum absolute atomic E-state index is 0.0805. The van der Waals surface area contributed by atoms with Crippen molar-refractivity contribution < 1.29 is 4.79 Å². The summed E-state index contributed by atoms with van der Waals surface area (Å²) in [6.07, 6.45) is 2.49. The van der Waals surface area contributed by atoms with Gasteiger partial charge in [-0.25, -0.2) is 4.79 Å². The maximum absolute atomic E-state index is 11.9. The Bertz CT molecular complexity index is 705. The fraction of sp³-hybridized carbons (Fsp3) is 0.381. The monoisotopic (exact) mass is 337 g/mol. The second-order valence-corrected chi connectivity index (χ2v) is 7.10. The number of benzene rings is 2. The van der Waals surface area contributed by atoms with Gasteiger partial charge in [-0.1, -0.05) is 48.5 Å². The Morgan fingerprint density at radius 3 is 2.44 bits per heavy atom. The summed E-state index contributed by atoms with van der Waals surface area (Å²) in [5, 5.41) is 5.92.